The Morgan fingerprint density at radius 2 is 1.68 bits per heavy atom. The van der Waals surface area contributed by atoms with Crippen molar-refractivity contribution in [2.24, 2.45) is 23.7 Å². The summed E-state index contributed by atoms with van der Waals surface area (Å²) in [6.07, 6.45) is 9.17. The second-order valence-corrected chi connectivity index (χ2v) is 13.9. The second kappa shape index (κ2) is 8.59. The number of likely N-dealkylation sites (tertiary alicyclic amines) is 1. The zero-order valence-electron chi connectivity index (χ0n) is 20.3. The van der Waals surface area contributed by atoms with E-state index in [9.17, 15) is 13.2 Å². The standard InChI is InChI=1S/C27H38N2O4S/c1-33-25(30)6-11-34(31,32)29-17-21-4-2-3-5-24(21)27(18-29)7-9-28(10-8-27)26-22-13-19-12-20(15-22)16-23(26)14-19/h2-5,19-20,22-23,26H,6-18H2,1H3. The van der Waals surface area contributed by atoms with Crippen molar-refractivity contribution in [2.45, 2.75) is 69.4 Å². The lowest BCUT2D eigenvalue weighted by atomic mass is 9.53. The van der Waals surface area contributed by atoms with E-state index in [1.54, 1.807) is 4.31 Å². The summed E-state index contributed by atoms with van der Waals surface area (Å²) in [5.41, 5.74) is 2.34. The van der Waals surface area contributed by atoms with Crippen LogP contribution in [0.2, 0.25) is 0 Å². The minimum atomic E-state index is -3.54. The van der Waals surface area contributed by atoms with E-state index in [4.69, 9.17) is 0 Å². The number of nitrogens with zero attached hydrogens (tertiary/aromatic N) is 2. The van der Waals surface area contributed by atoms with Crippen LogP contribution in [-0.4, -0.2) is 62.1 Å². The van der Waals surface area contributed by atoms with E-state index in [1.165, 1.54) is 44.8 Å². The van der Waals surface area contributed by atoms with Gasteiger partial charge in [-0.2, -0.15) is 4.31 Å². The number of carbonyl (C=O) groups is 1. The maximum Gasteiger partial charge on any atom is 0.306 e. The van der Waals surface area contributed by atoms with Gasteiger partial charge in [0.05, 0.1) is 19.3 Å². The minimum Gasteiger partial charge on any atom is -0.469 e. The molecule has 5 fully saturated rings. The Hall–Kier alpha value is -1.44. The van der Waals surface area contributed by atoms with Gasteiger partial charge in [0.1, 0.15) is 0 Å². The van der Waals surface area contributed by atoms with Gasteiger partial charge in [0, 0.05) is 24.5 Å². The highest BCUT2D eigenvalue weighted by Gasteiger charge is 2.52. The quantitative estimate of drug-likeness (QED) is 0.596. The monoisotopic (exact) mass is 486 g/mol. The van der Waals surface area contributed by atoms with Crippen LogP contribution in [-0.2, 0) is 31.5 Å². The van der Waals surface area contributed by atoms with E-state index in [0.29, 0.717) is 13.1 Å². The molecule has 4 saturated carbocycles. The lowest BCUT2D eigenvalue weighted by Crippen LogP contribution is -2.60. The number of carbonyl (C=O) groups excluding carboxylic acids is 1. The lowest BCUT2D eigenvalue weighted by molar-refractivity contribution is -0.140. The summed E-state index contributed by atoms with van der Waals surface area (Å²) in [6, 6.07) is 9.19. The van der Waals surface area contributed by atoms with E-state index in [2.05, 4.69) is 27.8 Å². The Balaban J connectivity index is 1.21. The summed E-state index contributed by atoms with van der Waals surface area (Å²) in [6.45, 7) is 3.07. The molecular formula is C27H38N2O4S. The molecule has 186 valence electrons. The number of hydrogen-bond acceptors (Lipinski definition) is 5. The Morgan fingerprint density at radius 1 is 1.03 bits per heavy atom. The molecule has 0 N–H and O–H groups in total. The van der Waals surface area contributed by atoms with Crippen LogP contribution in [0.1, 0.15) is 62.5 Å². The van der Waals surface area contributed by atoms with Crippen LogP contribution >= 0.6 is 0 Å². The molecule has 0 amide bonds. The molecule has 1 aromatic rings. The summed E-state index contributed by atoms with van der Waals surface area (Å²) in [4.78, 5) is 14.4. The number of piperidine rings is 1. The molecule has 2 heterocycles. The number of rotatable bonds is 5. The smallest absolute Gasteiger partial charge is 0.306 e. The van der Waals surface area contributed by atoms with Crippen molar-refractivity contribution in [1.82, 2.24) is 9.21 Å². The van der Waals surface area contributed by atoms with Crippen molar-refractivity contribution in [2.75, 3.05) is 32.5 Å². The highest BCUT2D eigenvalue weighted by atomic mass is 32.2. The van der Waals surface area contributed by atoms with Crippen molar-refractivity contribution in [3.63, 3.8) is 0 Å². The average Bonchev–Trinajstić information content (AvgIpc) is 2.83. The second-order valence-electron chi connectivity index (χ2n) is 11.8. The normalized spacial score (nSPS) is 34.8. The fourth-order valence-corrected chi connectivity index (χ4v) is 10.1. The molecule has 0 unspecified atom stereocenters. The molecule has 2 aliphatic heterocycles. The molecule has 7 heteroatoms. The highest BCUT2D eigenvalue weighted by Crippen LogP contribution is 2.56. The number of hydrogen-bond donors (Lipinski definition) is 0. The van der Waals surface area contributed by atoms with E-state index in [-0.39, 0.29) is 17.6 Å². The SMILES string of the molecule is COC(=O)CCS(=O)(=O)N1Cc2ccccc2C2(CCN(C3C4CC5CC(C4)CC3C5)CC2)C1. The summed E-state index contributed by atoms with van der Waals surface area (Å²) in [5, 5.41) is 0. The van der Waals surface area contributed by atoms with Gasteiger partial charge < -0.3 is 4.74 Å². The van der Waals surface area contributed by atoms with Gasteiger partial charge in [-0.25, -0.2) is 8.42 Å². The van der Waals surface area contributed by atoms with E-state index < -0.39 is 16.0 Å². The molecular weight excluding hydrogens is 448 g/mol. The fourth-order valence-electron chi connectivity index (χ4n) is 8.65. The van der Waals surface area contributed by atoms with Gasteiger partial charge in [0.15, 0.2) is 0 Å². The topological polar surface area (TPSA) is 66.9 Å². The summed E-state index contributed by atoms with van der Waals surface area (Å²) in [5.74, 6) is 3.10. The molecule has 6 nitrogen and oxygen atoms in total. The predicted molar refractivity (Wildman–Crippen MR) is 131 cm³/mol. The fraction of sp³-hybridized carbons (Fsp3) is 0.741. The first-order valence-corrected chi connectivity index (χ1v) is 14.8. The Bertz CT molecular complexity index is 1020. The Kier molecular flexibility index (Phi) is 5.81. The first-order valence-electron chi connectivity index (χ1n) is 13.2. The Morgan fingerprint density at radius 3 is 2.32 bits per heavy atom. The van der Waals surface area contributed by atoms with Crippen molar-refractivity contribution in [1.29, 1.82) is 0 Å². The van der Waals surface area contributed by atoms with Crippen molar-refractivity contribution < 1.29 is 17.9 Å². The van der Waals surface area contributed by atoms with E-state index in [1.807, 2.05) is 6.07 Å². The number of esters is 1. The average molecular weight is 487 g/mol. The highest BCUT2D eigenvalue weighted by molar-refractivity contribution is 7.89. The third-order valence-corrected chi connectivity index (χ3v) is 11.7. The van der Waals surface area contributed by atoms with Crippen LogP contribution < -0.4 is 0 Å². The maximum absolute atomic E-state index is 13.2. The van der Waals surface area contributed by atoms with Crippen LogP contribution in [0.25, 0.3) is 0 Å². The molecule has 1 aromatic carbocycles. The molecule has 1 saturated heterocycles. The summed E-state index contributed by atoms with van der Waals surface area (Å²) in [7, 11) is -2.23. The van der Waals surface area contributed by atoms with Gasteiger partial charge in [-0.3, -0.25) is 9.69 Å². The van der Waals surface area contributed by atoms with Crippen LogP contribution in [0.15, 0.2) is 24.3 Å². The van der Waals surface area contributed by atoms with Crippen LogP contribution in [0.4, 0.5) is 0 Å². The first-order chi connectivity index (χ1) is 16.4. The number of methoxy groups -OCH3 is 1. The van der Waals surface area contributed by atoms with Crippen molar-refractivity contribution in [3.05, 3.63) is 35.4 Å². The molecule has 0 atom stereocenters. The van der Waals surface area contributed by atoms with E-state index in [0.717, 1.165) is 61.2 Å². The van der Waals surface area contributed by atoms with Crippen molar-refractivity contribution >= 4 is 16.0 Å². The molecule has 0 radical (unpaired) electrons. The van der Waals surface area contributed by atoms with Gasteiger partial charge in [0.2, 0.25) is 10.0 Å². The zero-order valence-corrected chi connectivity index (χ0v) is 21.1. The van der Waals surface area contributed by atoms with Crippen LogP contribution in [0.3, 0.4) is 0 Å². The Labute approximate surface area is 204 Å². The zero-order chi connectivity index (χ0) is 23.5. The molecule has 34 heavy (non-hydrogen) atoms. The minimum absolute atomic E-state index is 0.0931. The molecule has 6 aliphatic rings. The molecule has 7 rings (SSSR count). The molecule has 4 bridgehead atoms. The van der Waals surface area contributed by atoms with Gasteiger partial charge in [-0.15, -0.1) is 0 Å². The number of ether oxygens (including phenoxy) is 1. The maximum atomic E-state index is 13.2. The van der Waals surface area contributed by atoms with Gasteiger partial charge >= 0.3 is 5.97 Å². The van der Waals surface area contributed by atoms with Gasteiger partial charge in [-0.1, -0.05) is 24.3 Å². The van der Waals surface area contributed by atoms with E-state index >= 15 is 0 Å². The van der Waals surface area contributed by atoms with Crippen LogP contribution in [0.5, 0.6) is 0 Å². The number of fused-ring (bicyclic) bond motifs is 2. The summed E-state index contributed by atoms with van der Waals surface area (Å²) >= 11 is 0. The third-order valence-electron chi connectivity index (χ3n) is 9.95. The molecule has 1 spiro atoms. The van der Waals surface area contributed by atoms with Gasteiger partial charge in [0.25, 0.3) is 0 Å². The van der Waals surface area contributed by atoms with Gasteiger partial charge in [-0.05, 0) is 92.8 Å². The molecule has 4 aliphatic carbocycles. The molecule has 0 aromatic heterocycles. The lowest BCUT2D eigenvalue weighted by Gasteiger charge is -2.59. The number of sulfonamides is 1. The van der Waals surface area contributed by atoms with Crippen molar-refractivity contribution in [3.8, 4) is 0 Å². The summed E-state index contributed by atoms with van der Waals surface area (Å²) < 4.78 is 32.8. The first kappa shape index (κ1) is 23.0. The van der Waals surface area contributed by atoms with Crippen LogP contribution in [0, 0.1) is 23.7 Å². The third kappa shape index (κ3) is 3.92. The number of benzene rings is 1. The largest absolute Gasteiger partial charge is 0.469 e. The predicted octanol–water partition coefficient (Wildman–Crippen LogP) is 3.55.